The minimum atomic E-state index is -0.440. The summed E-state index contributed by atoms with van der Waals surface area (Å²) < 4.78 is 19.1. The van der Waals surface area contributed by atoms with E-state index in [9.17, 15) is 4.39 Å². The van der Waals surface area contributed by atoms with Crippen molar-refractivity contribution in [3.8, 4) is 0 Å². The number of rotatable bonds is 3. The van der Waals surface area contributed by atoms with Gasteiger partial charge >= 0.3 is 0 Å². The van der Waals surface area contributed by atoms with Crippen LogP contribution in [0.1, 0.15) is 24.5 Å². The predicted molar refractivity (Wildman–Crippen MR) is 66.9 cm³/mol. The summed E-state index contributed by atoms with van der Waals surface area (Å²) in [6.45, 7) is 3.77. The fourth-order valence-electron chi connectivity index (χ4n) is 1.61. The zero-order valence-electron chi connectivity index (χ0n) is 9.63. The summed E-state index contributed by atoms with van der Waals surface area (Å²) in [5.41, 5.74) is 0.374. The maximum Gasteiger partial charge on any atom is 0.164 e. The SMILES string of the molecule is Cc1ccc(C(C)Nc2cccc(Cl)c2F)o1. The van der Waals surface area contributed by atoms with Gasteiger partial charge in [-0.2, -0.15) is 0 Å². The standard InChI is InChI=1S/C13H13ClFNO/c1-8-6-7-12(17-8)9(2)16-11-5-3-4-10(14)13(11)15/h3-7,9,16H,1-2H3. The first-order chi connectivity index (χ1) is 8.08. The fourth-order valence-corrected chi connectivity index (χ4v) is 1.78. The topological polar surface area (TPSA) is 25.2 Å². The summed E-state index contributed by atoms with van der Waals surface area (Å²) in [6, 6.07) is 8.50. The van der Waals surface area contributed by atoms with Crippen LogP contribution in [-0.2, 0) is 0 Å². The van der Waals surface area contributed by atoms with Crippen molar-refractivity contribution in [1.29, 1.82) is 0 Å². The number of aryl methyl sites for hydroxylation is 1. The molecule has 0 bridgehead atoms. The highest BCUT2D eigenvalue weighted by Crippen LogP contribution is 2.26. The van der Waals surface area contributed by atoms with Crippen molar-refractivity contribution in [2.75, 3.05) is 5.32 Å². The minimum Gasteiger partial charge on any atom is -0.464 e. The lowest BCUT2D eigenvalue weighted by molar-refractivity contribution is 0.466. The zero-order valence-corrected chi connectivity index (χ0v) is 10.4. The molecule has 4 heteroatoms. The van der Waals surface area contributed by atoms with Crippen molar-refractivity contribution < 1.29 is 8.81 Å². The Bertz CT molecular complexity index is 524. The Morgan fingerprint density at radius 3 is 2.71 bits per heavy atom. The van der Waals surface area contributed by atoms with Gasteiger partial charge in [0.05, 0.1) is 16.8 Å². The Kier molecular flexibility index (Phi) is 3.38. The van der Waals surface area contributed by atoms with E-state index in [1.54, 1.807) is 12.1 Å². The van der Waals surface area contributed by atoms with Crippen LogP contribution >= 0.6 is 11.6 Å². The van der Waals surface area contributed by atoms with Gasteiger partial charge in [-0.15, -0.1) is 0 Å². The minimum absolute atomic E-state index is 0.109. The van der Waals surface area contributed by atoms with Gasteiger partial charge in [0.25, 0.3) is 0 Å². The van der Waals surface area contributed by atoms with Crippen molar-refractivity contribution >= 4 is 17.3 Å². The van der Waals surface area contributed by atoms with Crippen molar-refractivity contribution in [3.63, 3.8) is 0 Å². The monoisotopic (exact) mass is 253 g/mol. The van der Waals surface area contributed by atoms with E-state index < -0.39 is 5.82 Å². The van der Waals surface area contributed by atoms with Gasteiger partial charge in [0.15, 0.2) is 5.82 Å². The molecule has 1 atom stereocenters. The third kappa shape index (κ3) is 2.61. The molecule has 0 amide bonds. The molecule has 0 spiro atoms. The average molecular weight is 254 g/mol. The number of anilines is 1. The lowest BCUT2D eigenvalue weighted by atomic mass is 10.2. The molecule has 1 N–H and O–H groups in total. The second-order valence-corrected chi connectivity index (χ2v) is 4.32. The molecule has 1 unspecified atom stereocenters. The third-order valence-electron chi connectivity index (χ3n) is 2.51. The summed E-state index contributed by atoms with van der Waals surface area (Å²) in [5, 5.41) is 3.14. The van der Waals surface area contributed by atoms with E-state index in [1.807, 2.05) is 26.0 Å². The number of hydrogen-bond donors (Lipinski definition) is 1. The first-order valence-electron chi connectivity index (χ1n) is 5.35. The molecule has 0 saturated carbocycles. The number of nitrogens with one attached hydrogen (secondary N) is 1. The highest BCUT2D eigenvalue weighted by atomic mass is 35.5. The van der Waals surface area contributed by atoms with Gasteiger partial charge in [0.2, 0.25) is 0 Å². The molecule has 0 radical (unpaired) electrons. The predicted octanol–water partition coefficient (Wildman–Crippen LogP) is 4.55. The van der Waals surface area contributed by atoms with Crippen LogP contribution in [0, 0.1) is 12.7 Å². The van der Waals surface area contributed by atoms with Crippen LogP contribution in [-0.4, -0.2) is 0 Å². The second kappa shape index (κ2) is 4.80. The fraction of sp³-hybridized carbons (Fsp3) is 0.231. The van der Waals surface area contributed by atoms with Gasteiger partial charge in [-0.05, 0) is 38.1 Å². The van der Waals surface area contributed by atoms with E-state index in [-0.39, 0.29) is 11.1 Å². The van der Waals surface area contributed by atoms with Crippen LogP contribution in [0.5, 0.6) is 0 Å². The number of halogens is 2. The van der Waals surface area contributed by atoms with Crippen LogP contribution < -0.4 is 5.32 Å². The third-order valence-corrected chi connectivity index (χ3v) is 2.80. The maximum atomic E-state index is 13.7. The summed E-state index contributed by atoms with van der Waals surface area (Å²) in [5.74, 6) is 1.16. The van der Waals surface area contributed by atoms with E-state index in [0.29, 0.717) is 5.69 Å². The van der Waals surface area contributed by atoms with Gasteiger partial charge in [-0.3, -0.25) is 0 Å². The molecule has 0 aliphatic heterocycles. The molecule has 17 heavy (non-hydrogen) atoms. The van der Waals surface area contributed by atoms with Crippen molar-refractivity contribution in [3.05, 3.63) is 52.7 Å². The van der Waals surface area contributed by atoms with E-state index in [2.05, 4.69) is 5.32 Å². The lowest BCUT2D eigenvalue weighted by Crippen LogP contribution is -2.07. The maximum absolute atomic E-state index is 13.7. The van der Waals surface area contributed by atoms with Gasteiger partial charge in [-0.25, -0.2) is 4.39 Å². The quantitative estimate of drug-likeness (QED) is 0.868. The molecule has 0 saturated heterocycles. The lowest BCUT2D eigenvalue weighted by Gasteiger charge is -2.14. The Balaban J connectivity index is 2.18. The Morgan fingerprint density at radius 1 is 1.29 bits per heavy atom. The van der Waals surface area contributed by atoms with Gasteiger partial charge in [-0.1, -0.05) is 17.7 Å². The van der Waals surface area contributed by atoms with E-state index in [4.69, 9.17) is 16.0 Å². The molecule has 2 rings (SSSR count). The first-order valence-corrected chi connectivity index (χ1v) is 5.72. The van der Waals surface area contributed by atoms with E-state index in [0.717, 1.165) is 11.5 Å². The number of benzene rings is 1. The van der Waals surface area contributed by atoms with E-state index >= 15 is 0 Å². The summed E-state index contributed by atoms with van der Waals surface area (Å²) in [4.78, 5) is 0. The number of hydrogen-bond acceptors (Lipinski definition) is 2. The molecular formula is C13H13ClFNO. The molecule has 90 valence electrons. The molecule has 0 aliphatic carbocycles. The van der Waals surface area contributed by atoms with Crippen molar-refractivity contribution in [2.24, 2.45) is 0 Å². The Morgan fingerprint density at radius 2 is 2.06 bits per heavy atom. The molecule has 2 aromatic rings. The van der Waals surface area contributed by atoms with Gasteiger partial charge in [0.1, 0.15) is 11.5 Å². The van der Waals surface area contributed by atoms with Crippen molar-refractivity contribution in [2.45, 2.75) is 19.9 Å². The summed E-state index contributed by atoms with van der Waals surface area (Å²) in [7, 11) is 0. The van der Waals surface area contributed by atoms with Crippen LogP contribution in [0.3, 0.4) is 0 Å². The van der Waals surface area contributed by atoms with Crippen molar-refractivity contribution in [1.82, 2.24) is 0 Å². The highest BCUT2D eigenvalue weighted by Gasteiger charge is 2.12. The first kappa shape index (κ1) is 12.0. The largest absolute Gasteiger partial charge is 0.464 e. The summed E-state index contributed by atoms with van der Waals surface area (Å²) in [6.07, 6.45) is 0. The molecular weight excluding hydrogens is 241 g/mol. The molecule has 1 aromatic carbocycles. The molecule has 1 aromatic heterocycles. The molecule has 0 aliphatic rings. The highest BCUT2D eigenvalue weighted by molar-refractivity contribution is 6.31. The number of furan rings is 1. The molecule has 0 fully saturated rings. The van der Waals surface area contributed by atoms with Crippen LogP contribution in [0.15, 0.2) is 34.7 Å². The smallest absolute Gasteiger partial charge is 0.164 e. The molecule has 2 nitrogen and oxygen atoms in total. The van der Waals surface area contributed by atoms with Gasteiger partial charge in [0, 0.05) is 0 Å². The Hall–Kier alpha value is -1.48. The van der Waals surface area contributed by atoms with Gasteiger partial charge < -0.3 is 9.73 Å². The normalized spacial score (nSPS) is 12.5. The Labute approximate surface area is 104 Å². The molecule has 1 heterocycles. The zero-order chi connectivity index (χ0) is 12.4. The van der Waals surface area contributed by atoms with Crippen LogP contribution in [0.25, 0.3) is 0 Å². The second-order valence-electron chi connectivity index (χ2n) is 3.92. The van der Waals surface area contributed by atoms with Crippen LogP contribution in [0.4, 0.5) is 10.1 Å². The average Bonchev–Trinajstić information content (AvgIpc) is 2.72. The van der Waals surface area contributed by atoms with Crippen LogP contribution in [0.2, 0.25) is 5.02 Å². The summed E-state index contributed by atoms with van der Waals surface area (Å²) >= 11 is 5.71. The van der Waals surface area contributed by atoms with E-state index in [1.165, 1.54) is 6.07 Å².